The van der Waals surface area contributed by atoms with Crippen LogP contribution in [0.15, 0.2) is 47.6 Å². The maximum Gasteiger partial charge on any atom is 0.191 e. The maximum atomic E-state index is 13.7. The Labute approximate surface area is 163 Å². The summed E-state index contributed by atoms with van der Waals surface area (Å²) in [6, 6.07) is 9.69. The number of carbonyl (C=O) groups is 1. The summed E-state index contributed by atoms with van der Waals surface area (Å²) in [5.74, 6) is -0.851. The molecule has 0 radical (unpaired) electrons. The fourth-order valence-corrected chi connectivity index (χ4v) is 3.13. The van der Waals surface area contributed by atoms with E-state index >= 15 is 0 Å². The van der Waals surface area contributed by atoms with Crippen LogP contribution < -0.4 is 4.74 Å². The summed E-state index contributed by atoms with van der Waals surface area (Å²) in [5, 5.41) is 9.11. The zero-order valence-electron chi connectivity index (χ0n) is 14.2. The molecule has 1 aromatic heterocycles. The van der Waals surface area contributed by atoms with E-state index in [0.29, 0.717) is 21.8 Å². The molecule has 3 aromatic rings. The van der Waals surface area contributed by atoms with Crippen LogP contribution in [-0.4, -0.2) is 26.3 Å². The highest BCUT2D eigenvalue weighted by Crippen LogP contribution is 2.21. The van der Waals surface area contributed by atoms with E-state index in [4.69, 9.17) is 16.3 Å². The molecule has 0 saturated carbocycles. The first kappa shape index (κ1) is 19.3. The fraction of sp³-hybridized carbons (Fsp3) is 0.167. The second-order valence-electron chi connectivity index (χ2n) is 5.54. The molecule has 0 amide bonds. The number of hydrogen-bond acceptors (Lipinski definition) is 5. The number of ketones is 1. The van der Waals surface area contributed by atoms with Crippen LogP contribution in [0.1, 0.15) is 16.2 Å². The van der Waals surface area contributed by atoms with Gasteiger partial charge in [-0.15, -0.1) is 10.2 Å². The third kappa shape index (κ3) is 4.84. The number of carbonyl (C=O) groups excluding carboxylic acids is 1. The lowest BCUT2D eigenvalue weighted by Gasteiger charge is -2.07. The van der Waals surface area contributed by atoms with Crippen LogP contribution in [0.3, 0.4) is 0 Å². The Balaban J connectivity index is 1.60. The molecule has 0 spiro atoms. The Bertz CT molecular complexity index is 964. The van der Waals surface area contributed by atoms with Crippen molar-refractivity contribution in [3.05, 3.63) is 70.5 Å². The monoisotopic (exact) mass is 409 g/mol. The van der Waals surface area contributed by atoms with Gasteiger partial charge in [0.25, 0.3) is 0 Å². The summed E-state index contributed by atoms with van der Waals surface area (Å²) in [6.45, 7) is 0.179. The molecule has 0 aliphatic carbocycles. The lowest BCUT2D eigenvalue weighted by molar-refractivity contribution is 0.101. The number of thioether (sulfide) groups is 1. The summed E-state index contributed by atoms with van der Waals surface area (Å²) in [5.41, 5.74) is -0.282. The highest BCUT2D eigenvalue weighted by molar-refractivity contribution is 7.99. The van der Waals surface area contributed by atoms with E-state index in [1.807, 2.05) is 0 Å². The highest BCUT2D eigenvalue weighted by Gasteiger charge is 2.16. The first-order chi connectivity index (χ1) is 12.9. The van der Waals surface area contributed by atoms with Gasteiger partial charge in [-0.3, -0.25) is 4.79 Å². The summed E-state index contributed by atoms with van der Waals surface area (Å²) >= 11 is 6.91. The van der Waals surface area contributed by atoms with Crippen LogP contribution in [0.5, 0.6) is 5.75 Å². The Morgan fingerprint density at radius 2 is 1.93 bits per heavy atom. The van der Waals surface area contributed by atoms with Crippen LogP contribution in [0.2, 0.25) is 5.02 Å². The van der Waals surface area contributed by atoms with Gasteiger partial charge in [-0.2, -0.15) is 0 Å². The van der Waals surface area contributed by atoms with Crippen molar-refractivity contribution in [3.63, 3.8) is 0 Å². The topological polar surface area (TPSA) is 57.0 Å². The maximum absolute atomic E-state index is 13.7. The second-order valence-corrected chi connectivity index (χ2v) is 6.92. The van der Waals surface area contributed by atoms with Gasteiger partial charge in [-0.1, -0.05) is 23.4 Å². The molecule has 5 nitrogen and oxygen atoms in total. The third-order valence-corrected chi connectivity index (χ3v) is 4.94. The summed E-state index contributed by atoms with van der Waals surface area (Å²) < 4.78 is 34.2. The van der Waals surface area contributed by atoms with E-state index in [0.717, 1.165) is 30.0 Å². The predicted octanol–water partition coefficient (Wildman–Crippen LogP) is 4.30. The van der Waals surface area contributed by atoms with E-state index in [1.54, 1.807) is 35.9 Å². The van der Waals surface area contributed by atoms with Crippen molar-refractivity contribution in [1.82, 2.24) is 14.8 Å². The molecule has 0 atom stereocenters. The average Bonchev–Trinajstić information content (AvgIpc) is 3.01. The van der Waals surface area contributed by atoms with E-state index in [9.17, 15) is 13.6 Å². The van der Waals surface area contributed by atoms with Crippen molar-refractivity contribution in [2.24, 2.45) is 7.05 Å². The molecule has 9 heteroatoms. The molecule has 0 unspecified atom stereocenters. The molecule has 140 valence electrons. The van der Waals surface area contributed by atoms with E-state index in [-0.39, 0.29) is 17.9 Å². The Kier molecular flexibility index (Phi) is 6.08. The second kappa shape index (κ2) is 8.49. The Hall–Kier alpha value is -2.45. The fourth-order valence-electron chi connectivity index (χ4n) is 2.19. The molecule has 3 rings (SSSR count). The largest absolute Gasteiger partial charge is 0.486 e. The van der Waals surface area contributed by atoms with Crippen LogP contribution >= 0.6 is 23.4 Å². The number of halogens is 3. The number of rotatable bonds is 7. The van der Waals surface area contributed by atoms with Crippen molar-refractivity contribution < 1.29 is 18.3 Å². The van der Waals surface area contributed by atoms with Gasteiger partial charge in [0.1, 0.15) is 24.0 Å². The molecular formula is C18H14ClF2N3O2S. The van der Waals surface area contributed by atoms with Crippen molar-refractivity contribution in [3.8, 4) is 5.75 Å². The van der Waals surface area contributed by atoms with Crippen LogP contribution in [0.4, 0.5) is 8.78 Å². The zero-order valence-corrected chi connectivity index (χ0v) is 15.7. The zero-order chi connectivity index (χ0) is 19.4. The lowest BCUT2D eigenvalue weighted by atomic mass is 10.1. The molecule has 2 aromatic carbocycles. The number of hydrogen-bond donors (Lipinski definition) is 0. The minimum absolute atomic E-state index is 0.0929. The van der Waals surface area contributed by atoms with Gasteiger partial charge < -0.3 is 9.30 Å². The first-order valence-corrected chi connectivity index (χ1v) is 9.18. The normalized spacial score (nSPS) is 10.8. The molecular weight excluding hydrogens is 396 g/mol. The van der Waals surface area contributed by atoms with Crippen molar-refractivity contribution in [2.75, 3.05) is 5.75 Å². The molecule has 1 heterocycles. The number of ether oxygens (including phenoxy) is 1. The molecule has 0 aliphatic heterocycles. The van der Waals surface area contributed by atoms with E-state index < -0.39 is 17.4 Å². The Morgan fingerprint density at radius 3 is 2.67 bits per heavy atom. The standard InChI is InChI=1S/C18H14ClF2N3O2S/c1-24-17(9-26-13-5-2-11(19)3-6-13)22-23-18(24)27-10-16(25)14-8-12(20)4-7-15(14)21/h2-8H,9-10H2,1H3. The number of benzene rings is 2. The molecule has 27 heavy (non-hydrogen) atoms. The van der Waals surface area contributed by atoms with Crippen LogP contribution in [0, 0.1) is 11.6 Å². The highest BCUT2D eigenvalue weighted by atomic mass is 35.5. The lowest BCUT2D eigenvalue weighted by Crippen LogP contribution is -2.08. The SMILES string of the molecule is Cn1c(COc2ccc(Cl)cc2)nnc1SCC(=O)c1cc(F)ccc1F. The van der Waals surface area contributed by atoms with Gasteiger partial charge in [0, 0.05) is 12.1 Å². The molecule has 0 saturated heterocycles. The van der Waals surface area contributed by atoms with Crippen molar-refractivity contribution in [2.45, 2.75) is 11.8 Å². The van der Waals surface area contributed by atoms with E-state index in [1.165, 1.54) is 0 Å². The average molecular weight is 410 g/mol. The minimum Gasteiger partial charge on any atom is -0.486 e. The third-order valence-electron chi connectivity index (χ3n) is 3.67. The number of aromatic nitrogens is 3. The van der Waals surface area contributed by atoms with E-state index in [2.05, 4.69) is 10.2 Å². The number of nitrogens with zero attached hydrogens (tertiary/aromatic N) is 3. The summed E-state index contributed by atoms with van der Waals surface area (Å²) in [6.07, 6.45) is 0. The molecule has 0 fully saturated rings. The first-order valence-electron chi connectivity index (χ1n) is 7.81. The van der Waals surface area contributed by atoms with Gasteiger partial charge in [0.2, 0.25) is 0 Å². The van der Waals surface area contributed by atoms with Gasteiger partial charge >= 0.3 is 0 Å². The Morgan fingerprint density at radius 1 is 1.19 bits per heavy atom. The smallest absolute Gasteiger partial charge is 0.191 e. The van der Waals surface area contributed by atoms with Gasteiger partial charge in [0.05, 0.1) is 11.3 Å². The van der Waals surface area contributed by atoms with Crippen LogP contribution in [0.25, 0.3) is 0 Å². The van der Waals surface area contributed by atoms with Gasteiger partial charge in [-0.05, 0) is 42.5 Å². The summed E-state index contributed by atoms with van der Waals surface area (Å²) in [7, 11) is 1.73. The van der Waals surface area contributed by atoms with Crippen LogP contribution in [-0.2, 0) is 13.7 Å². The van der Waals surface area contributed by atoms with Gasteiger partial charge in [-0.25, -0.2) is 8.78 Å². The van der Waals surface area contributed by atoms with Gasteiger partial charge in [0.15, 0.2) is 16.8 Å². The van der Waals surface area contributed by atoms with Crippen molar-refractivity contribution >= 4 is 29.1 Å². The molecule has 0 bridgehead atoms. The quantitative estimate of drug-likeness (QED) is 0.430. The number of Topliss-reactive ketones (excluding diaryl/α,β-unsaturated/α-hetero) is 1. The molecule has 0 aliphatic rings. The summed E-state index contributed by atoms with van der Waals surface area (Å²) in [4.78, 5) is 12.1. The molecule has 0 N–H and O–H groups in total. The minimum atomic E-state index is -0.753. The predicted molar refractivity (Wildman–Crippen MR) is 98.2 cm³/mol. The van der Waals surface area contributed by atoms with Crippen molar-refractivity contribution in [1.29, 1.82) is 0 Å².